The van der Waals surface area contributed by atoms with Crippen molar-refractivity contribution in [2.75, 3.05) is 26.2 Å². The van der Waals surface area contributed by atoms with Crippen molar-refractivity contribution >= 4 is 17.2 Å². The van der Waals surface area contributed by atoms with Gasteiger partial charge in [0, 0.05) is 6.54 Å². The Kier molecular flexibility index (Phi) is 7.40. The van der Waals surface area contributed by atoms with E-state index < -0.39 is 0 Å². The monoisotopic (exact) mass is 188 g/mol. The maximum absolute atomic E-state index is 4.91. The maximum Gasteiger partial charge on any atom is 0.0721 e. The highest BCUT2D eigenvalue weighted by Gasteiger charge is 1.96. The van der Waals surface area contributed by atoms with Crippen molar-refractivity contribution in [3.05, 3.63) is 0 Å². The zero-order valence-electron chi connectivity index (χ0n) is 8.39. The molecule has 0 fully saturated rings. The van der Waals surface area contributed by atoms with Crippen molar-refractivity contribution in [3.63, 3.8) is 0 Å². The Bertz CT molecular complexity index is 122. The Hall–Kier alpha value is -0.150. The third-order valence-electron chi connectivity index (χ3n) is 1.92. The van der Waals surface area contributed by atoms with E-state index in [4.69, 9.17) is 12.2 Å². The molecule has 12 heavy (non-hydrogen) atoms. The van der Waals surface area contributed by atoms with Crippen LogP contribution in [0.1, 0.15) is 27.2 Å². The highest BCUT2D eigenvalue weighted by molar-refractivity contribution is 7.80. The number of nitrogens with one attached hydrogen (secondary N) is 1. The summed E-state index contributed by atoms with van der Waals surface area (Å²) in [6.45, 7) is 10.8. The lowest BCUT2D eigenvalue weighted by molar-refractivity contribution is 0.300. The minimum absolute atomic E-state index is 0.898. The summed E-state index contributed by atoms with van der Waals surface area (Å²) in [5.74, 6) is 0. The summed E-state index contributed by atoms with van der Waals surface area (Å²) in [7, 11) is 0. The van der Waals surface area contributed by atoms with Crippen molar-refractivity contribution in [1.29, 1.82) is 0 Å². The van der Waals surface area contributed by atoms with Crippen molar-refractivity contribution in [1.82, 2.24) is 10.2 Å². The van der Waals surface area contributed by atoms with E-state index in [0.29, 0.717) is 0 Å². The average Bonchev–Trinajstić information content (AvgIpc) is 2.04. The molecule has 0 unspecified atom stereocenters. The molecule has 3 heteroatoms. The molecule has 2 nitrogen and oxygen atoms in total. The molecule has 0 spiro atoms. The molecule has 1 N–H and O–H groups in total. The Morgan fingerprint density at radius 3 is 2.33 bits per heavy atom. The van der Waals surface area contributed by atoms with E-state index in [1.807, 2.05) is 6.92 Å². The number of hydrogen-bond acceptors (Lipinski definition) is 2. The van der Waals surface area contributed by atoms with E-state index in [0.717, 1.165) is 24.6 Å². The zero-order chi connectivity index (χ0) is 9.40. The van der Waals surface area contributed by atoms with Crippen LogP contribution in [0.25, 0.3) is 0 Å². The fourth-order valence-corrected chi connectivity index (χ4v) is 1.21. The second-order valence-corrected chi connectivity index (χ2v) is 3.48. The second-order valence-electron chi connectivity index (χ2n) is 2.86. The van der Waals surface area contributed by atoms with Crippen LogP contribution in [0.3, 0.4) is 0 Å². The predicted octanol–water partition coefficient (Wildman–Crippen LogP) is 1.66. The first-order valence-corrected chi connectivity index (χ1v) is 5.08. The lowest BCUT2D eigenvalue weighted by atomic mass is 10.3. The quantitative estimate of drug-likeness (QED) is 0.504. The highest BCUT2D eigenvalue weighted by atomic mass is 32.1. The van der Waals surface area contributed by atoms with Gasteiger partial charge in [0.2, 0.25) is 0 Å². The van der Waals surface area contributed by atoms with E-state index in [2.05, 4.69) is 24.1 Å². The first-order valence-electron chi connectivity index (χ1n) is 4.67. The third-order valence-corrected chi connectivity index (χ3v) is 2.06. The van der Waals surface area contributed by atoms with Gasteiger partial charge in [-0.25, -0.2) is 0 Å². The minimum atomic E-state index is 0.898. The molecule has 0 aliphatic heterocycles. The van der Waals surface area contributed by atoms with E-state index in [-0.39, 0.29) is 0 Å². The van der Waals surface area contributed by atoms with E-state index >= 15 is 0 Å². The zero-order valence-corrected chi connectivity index (χ0v) is 9.21. The van der Waals surface area contributed by atoms with Gasteiger partial charge in [-0.2, -0.15) is 0 Å². The molecule has 0 aromatic carbocycles. The van der Waals surface area contributed by atoms with Crippen LogP contribution in [0.4, 0.5) is 0 Å². The molecule has 0 aliphatic carbocycles. The van der Waals surface area contributed by atoms with Crippen LogP contribution in [0, 0.1) is 0 Å². The summed E-state index contributed by atoms with van der Waals surface area (Å²) < 4.78 is 0. The fraction of sp³-hybridized carbons (Fsp3) is 0.889. The van der Waals surface area contributed by atoms with Crippen LogP contribution in [-0.4, -0.2) is 36.1 Å². The smallest absolute Gasteiger partial charge is 0.0721 e. The molecule has 0 rings (SSSR count). The van der Waals surface area contributed by atoms with Gasteiger partial charge in [-0.15, -0.1) is 0 Å². The minimum Gasteiger partial charge on any atom is -0.380 e. The van der Waals surface area contributed by atoms with Gasteiger partial charge in [0.1, 0.15) is 0 Å². The third kappa shape index (κ3) is 6.55. The van der Waals surface area contributed by atoms with Gasteiger partial charge in [-0.1, -0.05) is 26.1 Å². The van der Waals surface area contributed by atoms with Crippen LogP contribution in [0.2, 0.25) is 0 Å². The van der Waals surface area contributed by atoms with Crippen LogP contribution in [0.15, 0.2) is 0 Å². The summed E-state index contributed by atoms with van der Waals surface area (Å²) in [5.41, 5.74) is 0. The maximum atomic E-state index is 4.91. The Morgan fingerprint density at radius 2 is 1.92 bits per heavy atom. The van der Waals surface area contributed by atoms with Crippen LogP contribution >= 0.6 is 12.2 Å². The van der Waals surface area contributed by atoms with Gasteiger partial charge >= 0.3 is 0 Å². The molecule has 0 saturated heterocycles. The van der Waals surface area contributed by atoms with Crippen molar-refractivity contribution in [2.24, 2.45) is 0 Å². The van der Waals surface area contributed by atoms with Crippen molar-refractivity contribution in [3.8, 4) is 0 Å². The van der Waals surface area contributed by atoms with E-state index in [9.17, 15) is 0 Å². The molecule has 0 amide bonds. The molecule has 0 saturated carbocycles. The van der Waals surface area contributed by atoms with Gasteiger partial charge in [0.25, 0.3) is 0 Å². The molecule has 0 aromatic rings. The average molecular weight is 188 g/mol. The molecule has 0 radical (unpaired) electrons. The summed E-state index contributed by atoms with van der Waals surface area (Å²) in [5, 5.41) is 3.15. The van der Waals surface area contributed by atoms with Gasteiger partial charge < -0.3 is 10.2 Å². The van der Waals surface area contributed by atoms with Crippen LogP contribution in [-0.2, 0) is 0 Å². The molecule has 0 heterocycles. The van der Waals surface area contributed by atoms with Crippen LogP contribution < -0.4 is 5.32 Å². The fourth-order valence-electron chi connectivity index (χ4n) is 1.11. The lowest BCUT2D eigenvalue weighted by Gasteiger charge is -2.17. The molecular weight excluding hydrogens is 168 g/mol. The predicted molar refractivity (Wildman–Crippen MR) is 58.7 cm³/mol. The van der Waals surface area contributed by atoms with Gasteiger partial charge in [-0.05, 0) is 33.0 Å². The van der Waals surface area contributed by atoms with E-state index in [1.165, 1.54) is 13.0 Å². The van der Waals surface area contributed by atoms with Crippen molar-refractivity contribution < 1.29 is 0 Å². The topological polar surface area (TPSA) is 15.3 Å². The molecule has 0 bridgehead atoms. The SMILES string of the molecule is CCN(CC)CCCNC(C)=S. The standard InChI is InChI=1S/C9H20N2S/c1-4-11(5-2)8-6-7-10-9(3)12/h4-8H2,1-3H3,(H,10,12). The normalized spacial score (nSPS) is 10.3. The van der Waals surface area contributed by atoms with Gasteiger partial charge in [0.05, 0.1) is 4.99 Å². The number of nitrogens with zero attached hydrogens (tertiary/aromatic N) is 1. The van der Waals surface area contributed by atoms with Crippen molar-refractivity contribution in [2.45, 2.75) is 27.2 Å². The largest absolute Gasteiger partial charge is 0.380 e. The second kappa shape index (κ2) is 7.50. The molecular formula is C9H20N2S. The molecule has 72 valence electrons. The number of thiocarbonyl (C=S) groups is 1. The van der Waals surface area contributed by atoms with Gasteiger partial charge in [0.15, 0.2) is 0 Å². The lowest BCUT2D eigenvalue weighted by Crippen LogP contribution is -2.28. The van der Waals surface area contributed by atoms with E-state index in [1.54, 1.807) is 0 Å². The van der Waals surface area contributed by atoms with Gasteiger partial charge in [-0.3, -0.25) is 0 Å². The Balaban J connectivity index is 3.23. The summed E-state index contributed by atoms with van der Waals surface area (Å²) >= 11 is 4.91. The van der Waals surface area contributed by atoms with Crippen LogP contribution in [0.5, 0.6) is 0 Å². The Labute approximate surface area is 81.3 Å². The molecule has 0 atom stereocenters. The first kappa shape index (κ1) is 11.8. The Morgan fingerprint density at radius 1 is 1.33 bits per heavy atom. The summed E-state index contributed by atoms with van der Waals surface area (Å²) in [6, 6.07) is 0. The summed E-state index contributed by atoms with van der Waals surface area (Å²) in [4.78, 5) is 3.31. The molecule has 0 aromatic heterocycles. The number of hydrogen-bond donors (Lipinski definition) is 1. The summed E-state index contributed by atoms with van der Waals surface area (Å²) in [6.07, 6.45) is 1.18. The molecule has 0 aliphatic rings. The highest BCUT2D eigenvalue weighted by Crippen LogP contribution is 1.89. The number of rotatable bonds is 6. The first-order chi connectivity index (χ1) is 5.70.